The van der Waals surface area contributed by atoms with Crippen LogP contribution in [0.2, 0.25) is 0 Å². The van der Waals surface area contributed by atoms with E-state index in [1.54, 1.807) is 6.07 Å². The second kappa shape index (κ2) is 3.97. The quantitative estimate of drug-likeness (QED) is 0.881. The lowest BCUT2D eigenvalue weighted by molar-refractivity contribution is 0.0690. The third-order valence-corrected chi connectivity index (χ3v) is 2.71. The molecule has 0 bridgehead atoms. The molecule has 5 nitrogen and oxygen atoms in total. The zero-order chi connectivity index (χ0) is 11.7. The molecule has 0 saturated heterocycles. The van der Waals surface area contributed by atoms with Crippen molar-refractivity contribution in [2.75, 3.05) is 5.73 Å². The van der Waals surface area contributed by atoms with Crippen molar-refractivity contribution in [1.29, 1.82) is 0 Å². The van der Waals surface area contributed by atoms with E-state index in [0.29, 0.717) is 5.69 Å². The number of anilines is 1. The van der Waals surface area contributed by atoms with E-state index >= 15 is 0 Å². The summed E-state index contributed by atoms with van der Waals surface area (Å²) in [7, 11) is 0. The number of nitrogens with two attached hydrogens (primary N) is 1. The molecule has 1 aromatic heterocycles. The third-order valence-electron chi connectivity index (χ3n) is 2.04. The van der Waals surface area contributed by atoms with Crippen LogP contribution in [0, 0.1) is 0 Å². The number of aromatic carboxylic acids is 1. The van der Waals surface area contributed by atoms with Crippen molar-refractivity contribution in [1.82, 2.24) is 9.78 Å². The number of carbonyl (C=O) groups is 1. The first-order valence-corrected chi connectivity index (χ1v) is 5.22. The molecule has 2 aromatic rings. The number of hydrogen-bond donors (Lipinski definition) is 2. The lowest BCUT2D eigenvalue weighted by atomic mass is 10.3. The van der Waals surface area contributed by atoms with E-state index in [-0.39, 0.29) is 11.5 Å². The first-order chi connectivity index (χ1) is 7.59. The Balaban J connectivity index is 2.57. The molecular weight excluding hydrogens is 274 g/mol. The van der Waals surface area contributed by atoms with Crippen molar-refractivity contribution < 1.29 is 9.90 Å². The summed E-state index contributed by atoms with van der Waals surface area (Å²) >= 11 is 3.35. The summed E-state index contributed by atoms with van der Waals surface area (Å²) in [4.78, 5) is 10.7. The Bertz CT molecular complexity index is 551. The summed E-state index contributed by atoms with van der Waals surface area (Å²) in [5.41, 5.74) is 6.32. The van der Waals surface area contributed by atoms with Crippen molar-refractivity contribution in [2.45, 2.75) is 0 Å². The molecule has 0 saturated carbocycles. The van der Waals surface area contributed by atoms with Gasteiger partial charge in [-0.25, -0.2) is 9.48 Å². The van der Waals surface area contributed by atoms with Crippen LogP contribution in [0.1, 0.15) is 10.5 Å². The number of para-hydroxylation sites is 1. The van der Waals surface area contributed by atoms with Gasteiger partial charge >= 0.3 is 5.97 Å². The predicted octanol–water partition coefficient (Wildman–Crippen LogP) is 1.92. The molecule has 3 N–H and O–H groups in total. The normalized spacial score (nSPS) is 10.3. The molecule has 0 unspecified atom stereocenters. The van der Waals surface area contributed by atoms with Gasteiger partial charge < -0.3 is 10.8 Å². The number of halogens is 1. The van der Waals surface area contributed by atoms with Gasteiger partial charge in [-0.05, 0) is 28.1 Å². The number of nitrogen functional groups attached to an aromatic ring is 1. The first kappa shape index (κ1) is 10.7. The van der Waals surface area contributed by atoms with Gasteiger partial charge in [0.15, 0.2) is 5.69 Å². The minimum absolute atomic E-state index is 0.0757. The average Bonchev–Trinajstić information content (AvgIpc) is 2.61. The second-order valence-corrected chi connectivity index (χ2v) is 3.98. The fourth-order valence-corrected chi connectivity index (χ4v) is 1.77. The Morgan fingerprint density at radius 1 is 1.44 bits per heavy atom. The van der Waals surface area contributed by atoms with Crippen LogP contribution in [-0.4, -0.2) is 20.9 Å². The second-order valence-electron chi connectivity index (χ2n) is 3.12. The maximum Gasteiger partial charge on any atom is 0.356 e. The van der Waals surface area contributed by atoms with Gasteiger partial charge in [0.2, 0.25) is 0 Å². The first-order valence-electron chi connectivity index (χ1n) is 4.43. The molecular formula is C10H8BrN3O2. The van der Waals surface area contributed by atoms with Crippen LogP contribution >= 0.6 is 15.9 Å². The summed E-state index contributed by atoms with van der Waals surface area (Å²) in [6.45, 7) is 0. The highest BCUT2D eigenvalue weighted by atomic mass is 79.9. The average molecular weight is 282 g/mol. The minimum atomic E-state index is -1.10. The highest BCUT2D eigenvalue weighted by Gasteiger charge is 2.13. The fraction of sp³-hybridized carbons (Fsp3) is 0. The number of rotatable bonds is 2. The number of carboxylic acids is 1. The largest absolute Gasteiger partial charge is 0.476 e. The van der Waals surface area contributed by atoms with Crippen LogP contribution in [0.3, 0.4) is 0 Å². The van der Waals surface area contributed by atoms with Crippen LogP contribution in [0.5, 0.6) is 0 Å². The van der Waals surface area contributed by atoms with Crippen LogP contribution in [0.15, 0.2) is 34.8 Å². The lowest BCUT2D eigenvalue weighted by Crippen LogP contribution is -2.04. The van der Waals surface area contributed by atoms with E-state index in [4.69, 9.17) is 10.8 Å². The van der Waals surface area contributed by atoms with Crippen molar-refractivity contribution >= 4 is 27.7 Å². The van der Waals surface area contributed by atoms with Gasteiger partial charge in [-0.2, -0.15) is 5.10 Å². The molecule has 2 rings (SSSR count). The van der Waals surface area contributed by atoms with Gasteiger partial charge in [-0.1, -0.05) is 12.1 Å². The Kier molecular flexibility index (Phi) is 2.66. The van der Waals surface area contributed by atoms with Crippen molar-refractivity contribution in [3.63, 3.8) is 0 Å². The molecule has 6 heteroatoms. The number of benzene rings is 1. The zero-order valence-electron chi connectivity index (χ0n) is 8.09. The van der Waals surface area contributed by atoms with Crippen molar-refractivity contribution in [3.8, 4) is 5.69 Å². The molecule has 0 aliphatic rings. The van der Waals surface area contributed by atoms with Crippen molar-refractivity contribution in [3.05, 3.63) is 40.5 Å². The van der Waals surface area contributed by atoms with Gasteiger partial charge in [-0.3, -0.25) is 0 Å². The van der Waals surface area contributed by atoms with E-state index in [1.807, 2.05) is 18.2 Å². The summed E-state index contributed by atoms with van der Waals surface area (Å²) < 4.78 is 2.18. The standard InChI is InChI=1S/C10H8BrN3O2/c11-6-3-1-2-4-8(6)14-9(12)5-7(13-14)10(15)16/h1-5H,12H2,(H,15,16). The molecule has 0 radical (unpaired) electrons. The number of aromatic nitrogens is 2. The molecule has 1 heterocycles. The van der Waals surface area contributed by atoms with E-state index in [0.717, 1.165) is 4.47 Å². The zero-order valence-corrected chi connectivity index (χ0v) is 9.68. The maximum absolute atomic E-state index is 10.7. The highest BCUT2D eigenvalue weighted by Crippen LogP contribution is 2.22. The van der Waals surface area contributed by atoms with E-state index in [9.17, 15) is 4.79 Å². The summed E-state index contributed by atoms with van der Waals surface area (Å²) in [6, 6.07) is 8.62. The molecule has 1 aromatic carbocycles. The third kappa shape index (κ3) is 1.79. The van der Waals surface area contributed by atoms with Gasteiger partial charge in [0.05, 0.1) is 5.69 Å². The Morgan fingerprint density at radius 3 is 2.69 bits per heavy atom. The topological polar surface area (TPSA) is 81.1 Å². The highest BCUT2D eigenvalue weighted by molar-refractivity contribution is 9.10. The van der Waals surface area contributed by atoms with E-state index in [2.05, 4.69) is 21.0 Å². The Labute approximate surface area is 99.6 Å². The van der Waals surface area contributed by atoms with Gasteiger partial charge in [-0.15, -0.1) is 0 Å². The number of carboxylic acid groups (broad SMARTS) is 1. The number of nitrogens with zero attached hydrogens (tertiary/aromatic N) is 2. The monoisotopic (exact) mass is 281 g/mol. The molecule has 0 amide bonds. The number of hydrogen-bond acceptors (Lipinski definition) is 3. The van der Waals surface area contributed by atoms with Gasteiger partial charge in [0.25, 0.3) is 0 Å². The summed E-state index contributed by atoms with van der Waals surface area (Å²) in [6.07, 6.45) is 0. The predicted molar refractivity (Wildman–Crippen MR) is 62.6 cm³/mol. The van der Waals surface area contributed by atoms with Crippen LogP contribution in [0.25, 0.3) is 5.69 Å². The fourth-order valence-electron chi connectivity index (χ4n) is 1.32. The molecule has 0 aliphatic carbocycles. The smallest absolute Gasteiger partial charge is 0.356 e. The molecule has 0 fully saturated rings. The van der Waals surface area contributed by atoms with Crippen LogP contribution in [0.4, 0.5) is 5.82 Å². The van der Waals surface area contributed by atoms with Crippen LogP contribution < -0.4 is 5.73 Å². The van der Waals surface area contributed by atoms with Crippen LogP contribution in [-0.2, 0) is 0 Å². The van der Waals surface area contributed by atoms with E-state index < -0.39 is 5.97 Å². The molecule has 82 valence electrons. The molecule has 16 heavy (non-hydrogen) atoms. The molecule has 0 aliphatic heterocycles. The van der Waals surface area contributed by atoms with Gasteiger partial charge in [0.1, 0.15) is 5.82 Å². The van der Waals surface area contributed by atoms with Crippen molar-refractivity contribution in [2.24, 2.45) is 0 Å². The SMILES string of the molecule is Nc1cc(C(=O)O)nn1-c1ccccc1Br. The Morgan fingerprint density at radius 2 is 2.12 bits per heavy atom. The minimum Gasteiger partial charge on any atom is -0.476 e. The molecule has 0 spiro atoms. The summed E-state index contributed by atoms with van der Waals surface area (Å²) in [5, 5.41) is 12.7. The van der Waals surface area contributed by atoms with E-state index in [1.165, 1.54) is 10.7 Å². The molecule has 0 atom stereocenters. The maximum atomic E-state index is 10.7. The van der Waals surface area contributed by atoms with Gasteiger partial charge in [0, 0.05) is 10.5 Å². The lowest BCUT2D eigenvalue weighted by Gasteiger charge is -2.05. The Hall–Kier alpha value is -1.82. The summed E-state index contributed by atoms with van der Waals surface area (Å²) in [5.74, 6) is -0.818.